The third kappa shape index (κ3) is 4.22. The lowest BCUT2D eigenvalue weighted by Crippen LogP contribution is -2.51. The Labute approximate surface area is 143 Å². The molecule has 1 aromatic heterocycles. The standard InChI is InChI=1S/C15H18N4O6/c1-3-9-12(14(20)24-4-2)10(18-15(21)17-9)8-25-11-6-5-7-16-13(11)19(22)23/h5-7,9H,3-4,8H2,1-2H3,(H2,17,18,21)/t9-/m1/s1. The van der Waals surface area contributed by atoms with Gasteiger partial charge >= 0.3 is 17.8 Å². The van der Waals surface area contributed by atoms with Crippen LogP contribution in [0.2, 0.25) is 0 Å². The number of esters is 1. The van der Waals surface area contributed by atoms with Crippen LogP contribution < -0.4 is 15.4 Å². The average molecular weight is 350 g/mol. The molecule has 0 radical (unpaired) electrons. The van der Waals surface area contributed by atoms with Crippen LogP contribution in [0.1, 0.15) is 20.3 Å². The van der Waals surface area contributed by atoms with Gasteiger partial charge in [0, 0.05) is 0 Å². The van der Waals surface area contributed by atoms with Gasteiger partial charge in [0.2, 0.25) is 5.75 Å². The van der Waals surface area contributed by atoms with E-state index in [4.69, 9.17) is 9.47 Å². The van der Waals surface area contributed by atoms with E-state index in [2.05, 4.69) is 15.6 Å². The quantitative estimate of drug-likeness (QED) is 0.430. The maximum Gasteiger partial charge on any atom is 0.406 e. The summed E-state index contributed by atoms with van der Waals surface area (Å²) in [6, 6.07) is 1.85. The monoisotopic (exact) mass is 350 g/mol. The van der Waals surface area contributed by atoms with Crippen LogP contribution in [0, 0.1) is 10.1 Å². The molecule has 10 nitrogen and oxygen atoms in total. The van der Waals surface area contributed by atoms with Crippen LogP contribution in [-0.2, 0) is 9.53 Å². The summed E-state index contributed by atoms with van der Waals surface area (Å²) in [5.74, 6) is -1.10. The highest BCUT2D eigenvalue weighted by molar-refractivity contribution is 5.94. The summed E-state index contributed by atoms with van der Waals surface area (Å²) < 4.78 is 10.5. The topological polar surface area (TPSA) is 133 Å². The molecule has 0 saturated heterocycles. The molecule has 0 aromatic carbocycles. The molecule has 2 amide bonds. The minimum absolute atomic E-state index is 0.0657. The summed E-state index contributed by atoms with van der Waals surface area (Å²) in [5.41, 5.74) is 0.433. The number of urea groups is 1. The largest absolute Gasteiger partial charge is 0.479 e. The Morgan fingerprint density at radius 1 is 1.44 bits per heavy atom. The number of ether oxygens (including phenoxy) is 2. The van der Waals surface area contributed by atoms with Crippen molar-refractivity contribution in [2.24, 2.45) is 0 Å². The number of amides is 2. The normalized spacial score (nSPS) is 16.7. The molecule has 25 heavy (non-hydrogen) atoms. The van der Waals surface area contributed by atoms with Gasteiger partial charge in [-0.3, -0.25) is 0 Å². The summed E-state index contributed by atoms with van der Waals surface area (Å²) in [7, 11) is 0. The number of rotatable bonds is 7. The molecule has 134 valence electrons. The lowest BCUT2D eigenvalue weighted by molar-refractivity contribution is -0.390. The first kappa shape index (κ1) is 18.2. The van der Waals surface area contributed by atoms with Crippen LogP contribution in [0.5, 0.6) is 5.75 Å². The minimum atomic E-state index is -0.675. The van der Waals surface area contributed by atoms with Crippen molar-refractivity contribution in [2.45, 2.75) is 26.3 Å². The van der Waals surface area contributed by atoms with Crippen molar-refractivity contribution in [1.29, 1.82) is 0 Å². The molecule has 2 heterocycles. The second-order valence-corrected chi connectivity index (χ2v) is 5.04. The lowest BCUT2D eigenvalue weighted by Gasteiger charge is -2.28. The Bertz CT molecular complexity index is 718. The van der Waals surface area contributed by atoms with E-state index in [-0.39, 0.29) is 30.2 Å². The molecule has 0 spiro atoms. The predicted molar refractivity (Wildman–Crippen MR) is 85.8 cm³/mol. The first-order chi connectivity index (χ1) is 12.0. The van der Waals surface area contributed by atoms with Gasteiger partial charge in [-0.2, -0.15) is 0 Å². The number of pyridine rings is 1. The number of hydrogen-bond donors (Lipinski definition) is 2. The van der Waals surface area contributed by atoms with Crippen molar-refractivity contribution in [3.63, 3.8) is 0 Å². The molecule has 0 aliphatic carbocycles. The highest BCUT2D eigenvalue weighted by atomic mass is 16.6. The van der Waals surface area contributed by atoms with Gasteiger partial charge in [0.15, 0.2) is 0 Å². The summed E-state index contributed by atoms with van der Waals surface area (Å²) >= 11 is 0. The van der Waals surface area contributed by atoms with Gasteiger partial charge in [-0.1, -0.05) is 6.92 Å². The number of carbonyl (C=O) groups excluding carboxylic acids is 2. The van der Waals surface area contributed by atoms with E-state index in [9.17, 15) is 19.7 Å². The van der Waals surface area contributed by atoms with Crippen molar-refractivity contribution >= 4 is 17.8 Å². The number of carbonyl (C=O) groups is 2. The Morgan fingerprint density at radius 2 is 2.20 bits per heavy atom. The van der Waals surface area contributed by atoms with Gasteiger partial charge in [0.1, 0.15) is 12.8 Å². The zero-order valence-electron chi connectivity index (χ0n) is 13.8. The van der Waals surface area contributed by atoms with Gasteiger partial charge in [-0.15, -0.1) is 0 Å². The van der Waals surface area contributed by atoms with Crippen molar-refractivity contribution < 1.29 is 24.0 Å². The van der Waals surface area contributed by atoms with Crippen molar-refractivity contribution in [2.75, 3.05) is 13.2 Å². The van der Waals surface area contributed by atoms with E-state index >= 15 is 0 Å². The third-order valence-electron chi connectivity index (χ3n) is 3.44. The molecule has 10 heteroatoms. The Morgan fingerprint density at radius 3 is 2.84 bits per heavy atom. The van der Waals surface area contributed by atoms with E-state index in [1.165, 1.54) is 18.3 Å². The third-order valence-corrected chi connectivity index (χ3v) is 3.44. The lowest BCUT2D eigenvalue weighted by atomic mass is 10.0. The fraction of sp³-hybridized carbons (Fsp3) is 0.400. The van der Waals surface area contributed by atoms with Crippen molar-refractivity contribution in [1.82, 2.24) is 15.6 Å². The first-order valence-electron chi connectivity index (χ1n) is 7.67. The van der Waals surface area contributed by atoms with Gasteiger partial charge in [0.05, 0.1) is 23.9 Å². The van der Waals surface area contributed by atoms with Crippen LogP contribution in [0.15, 0.2) is 29.6 Å². The molecular weight excluding hydrogens is 332 g/mol. The van der Waals surface area contributed by atoms with E-state index in [0.717, 1.165) is 0 Å². The molecule has 2 rings (SSSR count). The Hall–Kier alpha value is -3.17. The Balaban J connectivity index is 2.30. The molecule has 1 atom stereocenters. The Kier molecular flexibility index (Phi) is 5.88. The van der Waals surface area contributed by atoms with E-state index in [1.54, 1.807) is 13.8 Å². The zero-order valence-corrected chi connectivity index (χ0v) is 13.8. The van der Waals surface area contributed by atoms with Gasteiger partial charge < -0.3 is 30.2 Å². The molecule has 1 aliphatic heterocycles. The first-order valence-corrected chi connectivity index (χ1v) is 7.67. The molecule has 0 unspecified atom stereocenters. The number of nitrogens with one attached hydrogen (secondary N) is 2. The summed E-state index contributed by atoms with van der Waals surface area (Å²) in [4.78, 5) is 37.9. The molecular formula is C15H18N4O6. The fourth-order valence-electron chi connectivity index (χ4n) is 2.36. The number of aromatic nitrogens is 1. The number of hydrogen-bond acceptors (Lipinski definition) is 7. The van der Waals surface area contributed by atoms with Crippen LogP contribution in [0.3, 0.4) is 0 Å². The molecule has 1 aromatic rings. The van der Waals surface area contributed by atoms with E-state index in [1.807, 2.05) is 0 Å². The second kappa shape index (κ2) is 8.08. The van der Waals surface area contributed by atoms with Gasteiger partial charge in [-0.05, 0) is 35.4 Å². The molecule has 0 saturated carbocycles. The highest BCUT2D eigenvalue weighted by Gasteiger charge is 2.32. The highest BCUT2D eigenvalue weighted by Crippen LogP contribution is 2.24. The molecule has 0 bridgehead atoms. The smallest absolute Gasteiger partial charge is 0.406 e. The maximum atomic E-state index is 12.2. The van der Waals surface area contributed by atoms with E-state index < -0.39 is 28.8 Å². The van der Waals surface area contributed by atoms with Gasteiger partial charge in [-0.25, -0.2) is 9.59 Å². The van der Waals surface area contributed by atoms with Crippen LogP contribution in [0.25, 0.3) is 0 Å². The minimum Gasteiger partial charge on any atom is -0.479 e. The summed E-state index contributed by atoms with van der Waals surface area (Å²) in [5, 5.41) is 16.1. The zero-order chi connectivity index (χ0) is 18.4. The predicted octanol–water partition coefficient (Wildman–Crippen LogP) is 1.28. The molecule has 0 fully saturated rings. The number of nitro groups is 1. The van der Waals surface area contributed by atoms with Crippen molar-refractivity contribution in [3.05, 3.63) is 39.7 Å². The van der Waals surface area contributed by atoms with E-state index in [0.29, 0.717) is 6.42 Å². The maximum absolute atomic E-state index is 12.2. The van der Waals surface area contributed by atoms with Crippen molar-refractivity contribution in [3.8, 4) is 5.75 Å². The average Bonchev–Trinajstić information content (AvgIpc) is 2.59. The fourth-order valence-corrected chi connectivity index (χ4v) is 2.36. The second-order valence-electron chi connectivity index (χ2n) is 5.04. The van der Waals surface area contributed by atoms with Crippen LogP contribution in [-0.4, -0.2) is 41.2 Å². The summed E-state index contributed by atoms with van der Waals surface area (Å²) in [6.45, 7) is 3.41. The van der Waals surface area contributed by atoms with Gasteiger partial charge in [0.25, 0.3) is 0 Å². The van der Waals surface area contributed by atoms with Crippen LogP contribution in [0.4, 0.5) is 10.6 Å². The number of nitrogens with zero attached hydrogens (tertiary/aromatic N) is 2. The van der Waals surface area contributed by atoms with Crippen LogP contribution >= 0.6 is 0 Å². The molecule has 1 aliphatic rings. The molecule has 2 N–H and O–H groups in total. The summed E-state index contributed by atoms with van der Waals surface area (Å²) in [6.07, 6.45) is 1.74. The SMILES string of the molecule is CCOC(=O)C1=C(COc2cccnc2[N+](=O)[O-])NC(=O)N[C@@H]1CC.